The van der Waals surface area contributed by atoms with Crippen LogP contribution in [-0.2, 0) is 14.9 Å². The van der Waals surface area contributed by atoms with E-state index in [1.807, 2.05) is 4.90 Å². The number of carbonyl (C=O) groups excluding carboxylic acids is 2. The van der Waals surface area contributed by atoms with Gasteiger partial charge in [0.2, 0.25) is 5.91 Å². The van der Waals surface area contributed by atoms with Crippen molar-refractivity contribution in [3.05, 3.63) is 17.6 Å². The summed E-state index contributed by atoms with van der Waals surface area (Å²) < 4.78 is 5.21. The van der Waals surface area contributed by atoms with Crippen molar-refractivity contribution in [2.75, 3.05) is 51.8 Å². The number of fused-ring (bicyclic) bond motifs is 1. The van der Waals surface area contributed by atoms with Crippen molar-refractivity contribution in [3.63, 3.8) is 0 Å². The number of ether oxygens (including phenoxy) is 1. The van der Waals surface area contributed by atoms with Crippen LogP contribution in [0.5, 0.6) is 0 Å². The first kappa shape index (κ1) is 37.5. The van der Waals surface area contributed by atoms with Crippen LogP contribution < -0.4 is 10.6 Å². The zero-order chi connectivity index (χ0) is 29.6. The summed E-state index contributed by atoms with van der Waals surface area (Å²) in [5.74, 6) is 2.33. The molecule has 2 saturated heterocycles. The number of methoxy groups -OCH3 is 1. The summed E-state index contributed by atoms with van der Waals surface area (Å²) in [6.45, 7) is 14.7. The molecule has 0 aromatic carbocycles. The largest absolute Gasteiger partial charge is 0.385 e. The Balaban J connectivity index is 0.00000323. The van der Waals surface area contributed by atoms with Gasteiger partial charge in [0.15, 0.2) is 0 Å². The third-order valence-electron chi connectivity index (χ3n) is 8.97. The summed E-state index contributed by atoms with van der Waals surface area (Å²) in [5, 5.41) is 6.92. The summed E-state index contributed by atoms with van der Waals surface area (Å²) in [7, 11) is 1.69. The Morgan fingerprint density at radius 3 is 2.56 bits per heavy atom. The lowest BCUT2D eigenvalue weighted by Crippen LogP contribution is -2.57. The van der Waals surface area contributed by atoms with Gasteiger partial charge in [-0.25, -0.2) is 9.97 Å². The Labute approximate surface area is 271 Å². The molecule has 4 atom stereocenters. The van der Waals surface area contributed by atoms with Crippen molar-refractivity contribution in [3.8, 4) is 0 Å². The number of amides is 2. The van der Waals surface area contributed by atoms with Crippen LogP contribution in [0.25, 0.3) is 0 Å². The fourth-order valence-electron chi connectivity index (χ4n) is 6.88. The van der Waals surface area contributed by atoms with E-state index in [1.54, 1.807) is 13.3 Å². The number of hydrogen-bond acceptors (Lipinski definition) is 7. The molecule has 11 heteroatoms. The number of likely N-dealkylation sites (tertiary alicyclic amines) is 1. The normalized spacial score (nSPS) is 23.9. The second kappa shape index (κ2) is 17.1. The van der Waals surface area contributed by atoms with Crippen molar-refractivity contribution >= 4 is 42.4 Å². The van der Waals surface area contributed by atoms with Gasteiger partial charge in [0.05, 0.1) is 5.92 Å². The van der Waals surface area contributed by atoms with Gasteiger partial charge < -0.3 is 25.2 Å². The molecule has 1 saturated carbocycles. The highest BCUT2D eigenvalue weighted by atomic mass is 35.5. The number of rotatable bonds is 10. The van der Waals surface area contributed by atoms with Crippen molar-refractivity contribution in [1.82, 2.24) is 25.1 Å². The molecule has 1 aliphatic carbocycles. The summed E-state index contributed by atoms with van der Waals surface area (Å²) in [5.41, 5.74) is 0.250. The number of piperidine rings is 2. The van der Waals surface area contributed by atoms with Crippen molar-refractivity contribution in [1.29, 1.82) is 0 Å². The maximum atomic E-state index is 14.3. The van der Waals surface area contributed by atoms with Gasteiger partial charge in [-0.15, -0.1) is 24.8 Å². The first-order valence-corrected chi connectivity index (χ1v) is 16.0. The summed E-state index contributed by atoms with van der Waals surface area (Å²) >= 11 is 0. The smallest absolute Gasteiger partial charge is 0.259 e. The lowest BCUT2D eigenvalue weighted by Gasteiger charge is -2.46. The van der Waals surface area contributed by atoms with Crippen LogP contribution in [0.1, 0.15) is 102 Å². The monoisotopic (exact) mass is 642 g/mol. The van der Waals surface area contributed by atoms with Crippen LogP contribution in [0, 0.1) is 17.8 Å². The Morgan fingerprint density at radius 1 is 1.14 bits per heavy atom. The van der Waals surface area contributed by atoms with Gasteiger partial charge in [0, 0.05) is 70.1 Å². The lowest BCUT2D eigenvalue weighted by atomic mass is 9.77. The van der Waals surface area contributed by atoms with E-state index in [4.69, 9.17) is 9.72 Å². The molecule has 2 N–H and O–H groups in total. The highest BCUT2D eigenvalue weighted by molar-refractivity contribution is 5.98. The van der Waals surface area contributed by atoms with Gasteiger partial charge in [0.25, 0.3) is 5.91 Å². The topological polar surface area (TPSA) is 99.7 Å². The van der Waals surface area contributed by atoms with Gasteiger partial charge in [-0.05, 0) is 50.4 Å². The minimum Gasteiger partial charge on any atom is -0.385 e. The molecule has 3 heterocycles. The average molecular weight is 644 g/mol. The highest BCUT2D eigenvalue weighted by Gasteiger charge is 2.41. The minimum absolute atomic E-state index is 0. The Kier molecular flexibility index (Phi) is 14.9. The third-order valence-corrected chi connectivity index (χ3v) is 8.97. The Bertz CT molecular complexity index is 1030. The maximum absolute atomic E-state index is 14.3. The number of hydrogen-bond donors (Lipinski definition) is 2. The fraction of sp³-hybridized carbons (Fsp3) is 0.812. The number of halogens is 2. The van der Waals surface area contributed by atoms with Gasteiger partial charge >= 0.3 is 0 Å². The zero-order valence-corrected chi connectivity index (χ0v) is 28.8. The van der Waals surface area contributed by atoms with Crippen LogP contribution >= 0.6 is 24.8 Å². The van der Waals surface area contributed by atoms with Crippen LogP contribution in [0.2, 0.25) is 0 Å². The number of carbonyl (C=O) groups is 2. The van der Waals surface area contributed by atoms with E-state index in [0.29, 0.717) is 68.4 Å². The van der Waals surface area contributed by atoms with E-state index in [0.717, 1.165) is 25.8 Å². The fourth-order valence-corrected chi connectivity index (χ4v) is 6.88. The first-order valence-electron chi connectivity index (χ1n) is 16.0. The van der Waals surface area contributed by atoms with E-state index in [1.165, 1.54) is 25.7 Å². The van der Waals surface area contributed by atoms with Crippen LogP contribution in [0.4, 0.5) is 5.82 Å². The highest BCUT2D eigenvalue weighted by Crippen LogP contribution is 2.36. The molecule has 9 nitrogen and oxygen atoms in total. The standard InChI is InChI=1S/C32H54N6O3.2ClH/c1-22(2)21-38(30(40)26-20-35-31(32(3,4)5)36-28(26)34-14-10-16-41-6)25-17-24(18-33-19-25)29(39)37-15-9-12-23-11-7-8-13-27(23)37;;/h20,22-25,27,33H,7-19,21H2,1-6H3,(H,34,35,36);2*1H/t23-,24-,25+,27+;;/m1../s1. The Hall–Kier alpha value is -1.68. The van der Waals surface area contributed by atoms with Crippen molar-refractivity contribution in [2.24, 2.45) is 17.8 Å². The molecular weight excluding hydrogens is 587 g/mol. The van der Waals surface area contributed by atoms with Gasteiger partial charge in [-0.2, -0.15) is 0 Å². The molecule has 3 fully saturated rings. The third kappa shape index (κ3) is 9.65. The second-order valence-electron chi connectivity index (χ2n) is 13.9. The first-order chi connectivity index (χ1) is 19.6. The molecule has 246 valence electrons. The van der Waals surface area contributed by atoms with Crippen LogP contribution in [0.15, 0.2) is 6.20 Å². The number of nitrogens with zero attached hydrogens (tertiary/aromatic N) is 4. The average Bonchev–Trinajstić information content (AvgIpc) is 2.96. The number of aromatic nitrogens is 2. The summed E-state index contributed by atoms with van der Waals surface area (Å²) in [6, 6.07) is 0.340. The van der Waals surface area contributed by atoms with Crippen LogP contribution in [0.3, 0.4) is 0 Å². The quantitative estimate of drug-likeness (QED) is 0.333. The molecule has 2 amide bonds. The molecule has 4 rings (SSSR count). The lowest BCUT2D eigenvalue weighted by molar-refractivity contribution is -0.143. The van der Waals surface area contributed by atoms with E-state index in [9.17, 15) is 9.59 Å². The summed E-state index contributed by atoms with van der Waals surface area (Å²) in [6.07, 6.45) is 10.5. The van der Waals surface area contributed by atoms with Crippen molar-refractivity contribution in [2.45, 2.75) is 103 Å². The molecule has 1 aromatic rings. The van der Waals surface area contributed by atoms with Crippen LogP contribution in [-0.4, -0.2) is 90.1 Å². The van der Waals surface area contributed by atoms with Gasteiger partial charge in [-0.1, -0.05) is 47.5 Å². The van der Waals surface area contributed by atoms with E-state index >= 15 is 0 Å². The van der Waals surface area contributed by atoms with E-state index < -0.39 is 0 Å². The molecule has 1 aromatic heterocycles. The van der Waals surface area contributed by atoms with Crippen molar-refractivity contribution < 1.29 is 14.3 Å². The molecule has 43 heavy (non-hydrogen) atoms. The minimum atomic E-state index is -0.241. The Morgan fingerprint density at radius 2 is 1.86 bits per heavy atom. The predicted molar refractivity (Wildman–Crippen MR) is 178 cm³/mol. The zero-order valence-electron chi connectivity index (χ0n) is 27.2. The summed E-state index contributed by atoms with van der Waals surface area (Å²) in [4.78, 5) is 41.9. The van der Waals surface area contributed by atoms with E-state index in [2.05, 4.69) is 55.1 Å². The number of nitrogens with one attached hydrogen (secondary N) is 2. The van der Waals surface area contributed by atoms with Gasteiger partial charge in [0.1, 0.15) is 17.2 Å². The maximum Gasteiger partial charge on any atom is 0.259 e. The SMILES string of the molecule is COCCCNc1nc(C(C)(C)C)ncc1C(=O)N(CC(C)C)[C@@H]1CNC[C@H](C(=O)N2CCC[C@H]3CCCC[C@@H]32)C1.Cl.Cl. The van der Waals surface area contributed by atoms with Gasteiger partial charge in [-0.3, -0.25) is 9.59 Å². The molecule has 2 aliphatic heterocycles. The molecule has 0 spiro atoms. The molecule has 3 aliphatic rings. The molecular formula is C32H56Cl2N6O3. The molecule has 0 radical (unpaired) electrons. The molecule has 0 unspecified atom stereocenters. The second-order valence-corrected chi connectivity index (χ2v) is 13.9. The number of anilines is 1. The van der Waals surface area contributed by atoms with E-state index in [-0.39, 0.29) is 59.9 Å². The predicted octanol–water partition coefficient (Wildman–Crippen LogP) is 5.32. The molecule has 0 bridgehead atoms.